The molecule has 7 heavy (non-hydrogen) atoms. The van der Waals surface area contributed by atoms with Crippen molar-refractivity contribution in [1.29, 1.82) is 0 Å². The van der Waals surface area contributed by atoms with Gasteiger partial charge in [-0.05, 0) is 6.92 Å². The van der Waals surface area contributed by atoms with Crippen LogP contribution in [0.5, 0.6) is 0 Å². The fourth-order valence-electron chi connectivity index (χ4n) is 0.117. The maximum absolute atomic E-state index is 9.98. The third-order valence-electron chi connectivity index (χ3n) is 0.543. The largest absolute Gasteiger partial charge is 0.373 e. The van der Waals surface area contributed by atoms with Gasteiger partial charge in [0.1, 0.15) is 0 Å². The van der Waals surface area contributed by atoms with Crippen molar-refractivity contribution in [3.05, 3.63) is 0 Å². The Balaban J connectivity index is 3.63. The topological polar surface area (TPSA) is 37.3 Å². The molecule has 0 aromatic rings. The molecule has 1 N–H and O–H groups in total. The molecule has 0 amide bonds. The maximum atomic E-state index is 9.98. The van der Waals surface area contributed by atoms with Crippen molar-refractivity contribution in [3.8, 4) is 12.3 Å². The Morgan fingerprint density at radius 2 is 2.43 bits per heavy atom. The average molecular weight is 98.1 g/mol. The highest BCUT2D eigenvalue weighted by atomic mass is 16.3. The van der Waals surface area contributed by atoms with Gasteiger partial charge in [-0.2, -0.15) is 0 Å². The van der Waals surface area contributed by atoms with E-state index in [4.69, 9.17) is 5.11 Å². The summed E-state index contributed by atoms with van der Waals surface area (Å²) in [5.41, 5.74) is 0. The Bertz CT molecular complexity index is 110. The van der Waals surface area contributed by atoms with Crippen LogP contribution in [0.25, 0.3) is 0 Å². The molecule has 1 unspecified atom stereocenters. The highest BCUT2D eigenvalue weighted by Crippen LogP contribution is 1.77. The molecule has 0 spiro atoms. The molecule has 0 radical (unpaired) electrons. The zero-order valence-electron chi connectivity index (χ0n) is 4.01. The molecule has 38 valence electrons. The predicted octanol–water partition coefficient (Wildman–Crippen LogP) is -0.431. The minimum Gasteiger partial charge on any atom is -0.373 e. The van der Waals surface area contributed by atoms with E-state index in [9.17, 15) is 4.79 Å². The number of rotatable bonds is 1. The number of ketones is 1. The lowest BCUT2D eigenvalue weighted by molar-refractivity contribution is -0.122. The maximum Gasteiger partial charge on any atom is 0.172 e. The van der Waals surface area contributed by atoms with E-state index in [1.165, 1.54) is 6.92 Å². The summed E-state index contributed by atoms with van der Waals surface area (Å²) in [6.07, 6.45) is 3.44. The Labute approximate surface area is 42.2 Å². The molecule has 0 aliphatic rings. The molecule has 2 nitrogen and oxygen atoms in total. The number of aliphatic hydroxyl groups excluding tert-OH is 1. The van der Waals surface area contributed by atoms with Crippen LogP contribution in [0.15, 0.2) is 0 Å². The molecular formula is C5H6O2. The molecule has 0 saturated heterocycles. The molecule has 0 aliphatic carbocycles. The Morgan fingerprint density at radius 1 is 2.00 bits per heavy atom. The second kappa shape index (κ2) is 2.38. The van der Waals surface area contributed by atoms with E-state index in [-0.39, 0.29) is 5.78 Å². The van der Waals surface area contributed by atoms with Crippen molar-refractivity contribution < 1.29 is 9.90 Å². The fourth-order valence-corrected chi connectivity index (χ4v) is 0.117. The number of hydrogen-bond donors (Lipinski definition) is 1. The Kier molecular flexibility index (Phi) is 2.10. The summed E-state index contributed by atoms with van der Waals surface area (Å²) < 4.78 is 0. The van der Waals surface area contributed by atoms with Crippen molar-refractivity contribution >= 4 is 5.78 Å². The molecule has 0 aromatic carbocycles. The third kappa shape index (κ3) is 1.96. The lowest BCUT2D eigenvalue weighted by Gasteiger charge is -1.90. The van der Waals surface area contributed by atoms with Crippen LogP contribution in [0.2, 0.25) is 0 Å². The second-order valence-corrected chi connectivity index (χ2v) is 1.18. The third-order valence-corrected chi connectivity index (χ3v) is 0.543. The van der Waals surface area contributed by atoms with Crippen LogP contribution in [-0.4, -0.2) is 17.0 Å². The molecule has 1 atom stereocenters. The van der Waals surface area contributed by atoms with Gasteiger partial charge in [0.15, 0.2) is 11.9 Å². The number of carbonyl (C=O) groups is 1. The van der Waals surface area contributed by atoms with Gasteiger partial charge in [0.25, 0.3) is 0 Å². The van der Waals surface area contributed by atoms with Crippen molar-refractivity contribution in [2.45, 2.75) is 13.0 Å². The molecular weight excluding hydrogens is 92.1 g/mol. The van der Waals surface area contributed by atoms with E-state index < -0.39 is 6.10 Å². The van der Waals surface area contributed by atoms with Gasteiger partial charge in [-0.3, -0.25) is 4.79 Å². The summed E-state index contributed by atoms with van der Waals surface area (Å²) in [5, 5.41) is 8.35. The van der Waals surface area contributed by atoms with Crippen molar-refractivity contribution in [3.63, 3.8) is 0 Å². The first-order valence-corrected chi connectivity index (χ1v) is 1.83. The normalized spacial score (nSPS) is 12.1. The summed E-state index contributed by atoms with van der Waals surface area (Å²) in [4.78, 5) is 9.98. The monoisotopic (exact) mass is 98.0 g/mol. The fraction of sp³-hybridized carbons (Fsp3) is 0.400. The van der Waals surface area contributed by atoms with Crippen LogP contribution in [-0.2, 0) is 4.79 Å². The summed E-state index contributed by atoms with van der Waals surface area (Å²) in [7, 11) is 0. The molecule has 0 rings (SSSR count). The van der Waals surface area contributed by atoms with E-state index in [2.05, 4.69) is 6.42 Å². The van der Waals surface area contributed by atoms with Crippen molar-refractivity contribution in [1.82, 2.24) is 0 Å². The van der Waals surface area contributed by atoms with Crippen LogP contribution >= 0.6 is 0 Å². The van der Waals surface area contributed by atoms with Gasteiger partial charge in [0.2, 0.25) is 0 Å². The summed E-state index contributed by atoms with van der Waals surface area (Å²) in [6, 6.07) is 0. The van der Waals surface area contributed by atoms with Crippen molar-refractivity contribution in [2.24, 2.45) is 0 Å². The first-order chi connectivity index (χ1) is 3.18. The lowest BCUT2D eigenvalue weighted by Crippen LogP contribution is -2.12. The van der Waals surface area contributed by atoms with Crippen LogP contribution in [0.1, 0.15) is 6.92 Å². The van der Waals surface area contributed by atoms with Gasteiger partial charge < -0.3 is 5.11 Å². The van der Waals surface area contributed by atoms with Crippen molar-refractivity contribution in [2.75, 3.05) is 0 Å². The van der Waals surface area contributed by atoms with E-state index in [1.54, 1.807) is 0 Å². The number of carbonyl (C=O) groups excluding carboxylic acids is 1. The zero-order valence-corrected chi connectivity index (χ0v) is 4.01. The standard InChI is InChI=1S/C5H6O2/c1-3-5(7)4(2)6/h1,5,7H,2H3. The second-order valence-electron chi connectivity index (χ2n) is 1.18. The van der Waals surface area contributed by atoms with Gasteiger partial charge in [0.05, 0.1) is 0 Å². The van der Waals surface area contributed by atoms with Gasteiger partial charge in [-0.25, -0.2) is 0 Å². The van der Waals surface area contributed by atoms with Crippen LogP contribution in [0.4, 0.5) is 0 Å². The Hall–Kier alpha value is -0.810. The number of hydrogen-bond acceptors (Lipinski definition) is 2. The van der Waals surface area contributed by atoms with Crippen LogP contribution in [0, 0.1) is 12.3 Å². The lowest BCUT2D eigenvalue weighted by atomic mass is 10.3. The molecule has 0 fully saturated rings. The molecule has 0 aliphatic heterocycles. The SMILES string of the molecule is C#CC(O)C(C)=O. The quantitative estimate of drug-likeness (QED) is 0.452. The van der Waals surface area contributed by atoms with E-state index in [0.717, 1.165) is 0 Å². The summed E-state index contributed by atoms with van der Waals surface area (Å²) in [6.45, 7) is 1.24. The number of terminal acetylenes is 1. The van der Waals surface area contributed by atoms with E-state index in [0.29, 0.717) is 0 Å². The smallest absolute Gasteiger partial charge is 0.172 e. The minimum atomic E-state index is -1.21. The van der Waals surface area contributed by atoms with E-state index in [1.807, 2.05) is 5.92 Å². The zero-order chi connectivity index (χ0) is 5.86. The molecule has 0 aromatic heterocycles. The molecule has 0 heterocycles. The van der Waals surface area contributed by atoms with Crippen LogP contribution in [0.3, 0.4) is 0 Å². The first kappa shape index (κ1) is 6.19. The minimum absolute atomic E-state index is 0.387. The highest BCUT2D eigenvalue weighted by Gasteiger charge is 2.01. The van der Waals surface area contributed by atoms with Gasteiger partial charge in [-0.15, -0.1) is 6.42 Å². The first-order valence-electron chi connectivity index (χ1n) is 1.83. The Morgan fingerprint density at radius 3 is 2.43 bits per heavy atom. The van der Waals surface area contributed by atoms with Gasteiger partial charge in [0, 0.05) is 0 Å². The molecule has 0 bridgehead atoms. The summed E-state index contributed by atoms with van der Waals surface area (Å²) >= 11 is 0. The highest BCUT2D eigenvalue weighted by molar-refractivity contribution is 5.83. The molecule has 2 heteroatoms. The van der Waals surface area contributed by atoms with Gasteiger partial charge >= 0.3 is 0 Å². The summed E-state index contributed by atoms with van der Waals surface area (Å²) in [5.74, 6) is 1.48. The number of aliphatic hydroxyl groups is 1. The van der Waals surface area contributed by atoms with Gasteiger partial charge in [-0.1, -0.05) is 5.92 Å². The van der Waals surface area contributed by atoms with Crippen LogP contribution < -0.4 is 0 Å². The average Bonchev–Trinajstić information content (AvgIpc) is 1.65. The number of Topliss-reactive ketones (excluding diaryl/α,β-unsaturated/α-hetero) is 1. The predicted molar refractivity (Wildman–Crippen MR) is 25.5 cm³/mol. The van der Waals surface area contributed by atoms with E-state index >= 15 is 0 Å². The molecule has 0 saturated carbocycles.